The van der Waals surface area contributed by atoms with E-state index in [1.165, 1.54) is 128 Å². The molecule has 5 rings (SSSR count). The number of hydrogen-bond donors (Lipinski definition) is 0. The minimum atomic E-state index is -3.05. The molecular weight excluding hydrogens is 817 g/mol. The monoisotopic (exact) mass is 913 g/mol. The molecule has 4 saturated carbocycles. The third kappa shape index (κ3) is 15.3. The van der Waals surface area contributed by atoms with Crippen LogP contribution in [0.3, 0.4) is 0 Å². The molecule has 60 heavy (non-hydrogen) atoms. The molecule has 352 valence electrons. The van der Waals surface area contributed by atoms with Crippen LogP contribution in [0.2, 0.25) is 46.3 Å². The van der Waals surface area contributed by atoms with E-state index >= 15 is 0 Å². The third-order valence-corrected chi connectivity index (χ3v) is 37.2. The first kappa shape index (κ1) is 51.5. The Balaban J connectivity index is 1.72. The quantitative estimate of drug-likeness (QED) is 0.0568. The smallest absolute Gasteiger partial charge is 0.326 e. The summed E-state index contributed by atoms with van der Waals surface area (Å²) in [5.41, 5.74) is 1.79. The van der Waals surface area contributed by atoms with Crippen LogP contribution in [-0.2, 0) is 35.4 Å². The molecule has 0 N–H and O–H groups in total. The van der Waals surface area contributed by atoms with Crippen LogP contribution in [0.1, 0.15) is 207 Å². The minimum absolute atomic E-state index is 0.447. The Hall–Kier alpha value is 0.548. The van der Waals surface area contributed by atoms with E-state index in [9.17, 15) is 0 Å². The molecule has 5 aliphatic rings. The van der Waals surface area contributed by atoms with Crippen molar-refractivity contribution in [2.75, 3.05) is 52.9 Å². The minimum Gasteiger partial charge on any atom is -0.415 e. The zero-order chi connectivity index (χ0) is 42.3. The summed E-state index contributed by atoms with van der Waals surface area (Å²) in [6, 6.07) is 3.62. The molecule has 1 aliphatic heterocycles. The highest BCUT2D eigenvalue weighted by molar-refractivity contribution is 6.96. The van der Waals surface area contributed by atoms with E-state index in [4.69, 9.17) is 35.4 Å². The molecule has 0 spiro atoms. The van der Waals surface area contributed by atoms with Gasteiger partial charge in [0.2, 0.25) is 0 Å². The Kier molecular flexibility index (Phi) is 24.5. The van der Waals surface area contributed by atoms with Gasteiger partial charge in [-0.1, -0.05) is 130 Å². The summed E-state index contributed by atoms with van der Waals surface area (Å²) in [5.74, 6) is 0. The molecule has 4 aliphatic carbocycles. The predicted octanol–water partition coefficient (Wildman–Crippen LogP) is 14.4. The maximum Gasteiger partial charge on any atom is 0.326 e. The van der Waals surface area contributed by atoms with Gasteiger partial charge in [-0.15, -0.1) is 0 Å². The molecule has 8 nitrogen and oxygen atoms in total. The first-order chi connectivity index (χ1) is 29.5. The van der Waals surface area contributed by atoms with Gasteiger partial charge in [-0.05, 0) is 77.0 Å². The molecule has 0 unspecified atom stereocenters. The molecule has 0 bridgehead atoms. The van der Waals surface area contributed by atoms with Gasteiger partial charge in [-0.25, -0.2) is 0 Å². The summed E-state index contributed by atoms with van der Waals surface area (Å²) in [7, 11) is -12.2. The van der Waals surface area contributed by atoms with Crippen LogP contribution in [0.25, 0.3) is 0 Å². The van der Waals surface area contributed by atoms with Crippen LogP contribution in [0, 0.1) is 0 Å². The largest absolute Gasteiger partial charge is 0.415 e. The van der Waals surface area contributed by atoms with Gasteiger partial charge in [0.15, 0.2) is 0 Å². The lowest BCUT2D eigenvalue weighted by Gasteiger charge is -2.60. The number of hydrogen-bond acceptors (Lipinski definition) is 8. The van der Waals surface area contributed by atoms with Crippen molar-refractivity contribution in [3.05, 3.63) is 0 Å². The standard InChI is InChI=1S/C48H96O8Si4/c1-5-9-33-49-37-41-57(45-25-17-13-18-26-45)53-58(42-38-50-34-10-6-2,46-27-19-14-20-28-46)55-60(44-40-52-36-12-8-4,48-31-23-16-24-32-48)56-59(54-57,43-39-51-35-11-7-3)47-29-21-15-22-30-47/h45-48H,5-44H2,1-4H3. The van der Waals surface area contributed by atoms with Gasteiger partial charge in [0.1, 0.15) is 0 Å². The fourth-order valence-corrected chi connectivity index (χ4v) is 40.2. The summed E-state index contributed by atoms with van der Waals surface area (Å²) >= 11 is 0. The summed E-state index contributed by atoms with van der Waals surface area (Å²) in [5, 5.41) is 0. The highest BCUT2D eigenvalue weighted by Gasteiger charge is 2.68. The SMILES string of the molecule is CCCCOCC[Si]1(C2CCCCC2)O[Si](CCOCCCC)(C2CCCCC2)O[Si](CCOCCCC)(C2CCCCC2)O[Si](CCOCCCC)(C2CCCCC2)O1. The molecule has 12 heteroatoms. The van der Waals surface area contributed by atoms with Crippen molar-refractivity contribution in [1.82, 2.24) is 0 Å². The first-order valence-corrected chi connectivity index (χ1v) is 35.0. The van der Waals surface area contributed by atoms with E-state index in [0.717, 1.165) is 128 Å². The molecule has 1 saturated heterocycles. The zero-order valence-electron chi connectivity index (χ0n) is 39.9. The molecular formula is C48H96O8Si4. The molecule has 0 aromatic heterocycles. The topological polar surface area (TPSA) is 73.8 Å². The summed E-state index contributed by atoms with van der Waals surface area (Å²) in [6.45, 7) is 15.3. The second kappa shape index (κ2) is 28.6. The van der Waals surface area contributed by atoms with Gasteiger partial charge < -0.3 is 35.4 Å². The van der Waals surface area contributed by atoms with Crippen LogP contribution >= 0.6 is 0 Å². The van der Waals surface area contributed by atoms with Crippen molar-refractivity contribution < 1.29 is 35.4 Å². The van der Waals surface area contributed by atoms with Gasteiger partial charge >= 0.3 is 34.2 Å². The summed E-state index contributed by atoms with van der Waals surface area (Å²) < 4.78 is 61.4. The van der Waals surface area contributed by atoms with Crippen molar-refractivity contribution in [3.8, 4) is 0 Å². The van der Waals surface area contributed by atoms with Crippen LogP contribution in [0.5, 0.6) is 0 Å². The van der Waals surface area contributed by atoms with E-state index in [0.29, 0.717) is 22.2 Å². The molecule has 0 aromatic rings. The fourth-order valence-electron chi connectivity index (χ4n) is 11.6. The van der Waals surface area contributed by atoms with E-state index in [1.54, 1.807) is 0 Å². The van der Waals surface area contributed by atoms with Crippen molar-refractivity contribution in [3.63, 3.8) is 0 Å². The Bertz CT molecular complexity index is 920. The zero-order valence-corrected chi connectivity index (χ0v) is 43.9. The lowest BCUT2D eigenvalue weighted by Crippen LogP contribution is -2.74. The third-order valence-electron chi connectivity index (χ3n) is 15.2. The van der Waals surface area contributed by atoms with Gasteiger partial charge in [0.25, 0.3) is 0 Å². The maximum absolute atomic E-state index is 8.72. The van der Waals surface area contributed by atoms with Gasteiger partial charge in [0.05, 0.1) is 0 Å². The van der Waals surface area contributed by atoms with Crippen LogP contribution < -0.4 is 0 Å². The fraction of sp³-hybridized carbons (Fsp3) is 1.00. The van der Waals surface area contributed by atoms with E-state index in [-0.39, 0.29) is 0 Å². The Morgan fingerprint density at radius 1 is 0.300 bits per heavy atom. The summed E-state index contributed by atoms with van der Waals surface area (Å²) in [6.07, 6.45) is 34.2. The number of unbranched alkanes of at least 4 members (excludes halogenated alkanes) is 4. The Morgan fingerprint density at radius 3 is 0.683 bits per heavy atom. The van der Waals surface area contributed by atoms with Crippen LogP contribution in [-0.4, -0.2) is 87.1 Å². The lowest BCUT2D eigenvalue weighted by molar-refractivity contribution is 0.106. The molecule has 0 atom stereocenters. The van der Waals surface area contributed by atoms with Crippen molar-refractivity contribution in [1.29, 1.82) is 0 Å². The second-order valence-corrected chi connectivity index (χ2v) is 34.9. The summed E-state index contributed by atoms with van der Waals surface area (Å²) in [4.78, 5) is 0. The normalized spacial score (nSPS) is 31.0. The number of ether oxygens (including phenoxy) is 4. The van der Waals surface area contributed by atoms with Crippen molar-refractivity contribution in [2.45, 2.75) is 254 Å². The predicted molar refractivity (Wildman–Crippen MR) is 257 cm³/mol. The van der Waals surface area contributed by atoms with Gasteiger partial charge in [-0.3, -0.25) is 0 Å². The van der Waals surface area contributed by atoms with Gasteiger partial charge in [0, 0.05) is 99.2 Å². The Morgan fingerprint density at radius 2 is 0.500 bits per heavy atom. The second-order valence-electron chi connectivity index (χ2n) is 19.9. The average molecular weight is 914 g/mol. The Labute approximate surface area is 374 Å². The molecule has 0 amide bonds. The molecule has 1 heterocycles. The van der Waals surface area contributed by atoms with E-state index in [2.05, 4.69) is 27.7 Å². The van der Waals surface area contributed by atoms with Gasteiger partial charge in [-0.2, -0.15) is 0 Å². The van der Waals surface area contributed by atoms with E-state index in [1.807, 2.05) is 0 Å². The molecule has 0 aromatic carbocycles. The molecule has 0 radical (unpaired) electrons. The van der Waals surface area contributed by atoms with Crippen molar-refractivity contribution >= 4 is 34.2 Å². The lowest BCUT2D eigenvalue weighted by atomic mass is 10.0. The van der Waals surface area contributed by atoms with Crippen LogP contribution in [0.4, 0.5) is 0 Å². The highest BCUT2D eigenvalue weighted by atomic mass is 28.5. The van der Waals surface area contributed by atoms with Crippen molar-refractivity contribution in [2.24, 2.45) is 0 Å². The highest BCUT2D eigenvalue weighted by Crippen LogP contribution is 2.57. The van der Waals surface area contributed by atoms with Crippen LogP contribution in [0.15, 0.2) is 0 Å². The molecule has 5 fully saturated rings. The average Bonchev–Trinajstić information content (AvgIpc) is 3.29. The first-order valence-electron chi connectivity index (χ1n) is 26.6. The van der Waals surface area contributed by atoms with E-state index < -0.39 is 34.2 Å². The number of rotatable bonds is 28. The maximum atomic E-state index is 8.72.